The van der Waals surface area contributed by atoms with Crippen LogP contribution in [0.4, 0.5) is 4.39 Å². The van der Waals surface area contributed by atoms with Crippen molar-refractivity contribution in [2.75, 3.05) is 13.6 Å². The van der Waals surface area contributed by atoms with Crippen LogP contribution in [0.1, 0.15) is 64.2 Å². The van der Waals surface area contributed by atoms with E-state index in [1.807, 2.05) is 0 Å². The summed E-state index contributed by atoms with van der Waals surface area (Å²) < 4.78 is 18.3. The van der Waals surface area contributed by atoms with Crippen molar-refractivity contribution in [3.8, 4) is 11.4 Å². The summed E-state index contributed by atoms with van der Waals surface area (Å²) in [5.41, 5.74) is 0.701. The fourth-order valence-corrected chi connectivity index (χ4v) is 2.47. The van der Waals surface area contributed by atoms with Crippen LogP contribution in [0.2, 0.25) is 0 Å². The van der Waals surface area contributed by atoms with Gasteiger partial charge < -0.3 is 9.42 Å². The molecule has 26 heavy (non-hydrogen) atoms. The zero-order chi connectivity index (χ0) is 18.9. The molecule has 0 aliphatic heterocycles. The number of rotatable bonds is 6. The van der Waals surface area contributed by atoms with E-state index in [-0.39, 0.29) is 17.6 Å². The molecular formula is C20H28FN3O2. The summed E-state index contributed by atoms with van der Waals surface area (Å²) in [6.45, 7) is 4.13. The van der Waals surface area contributed by atoms with Gasteiger partial charge in [-0.3, -0.25) is 4.79 Å². The summed E-state index contributed by atoms with van der Waals surface area (Å²) in [5.74, 6) is 0.634. The van der Waals surface area contributed by atoms with E-state index in [9.17, 15) is 9.18 Å². The van der Waals surface area contributed by atoms with Crippen molar-refractivity contribution in [3.63, 3.8) is 0 Å². The van der Waals surface area contributed by atoms with Crippen LogP contribution in [0.15, 0.2) is 28.8 Å². The summed E-state index contributed by atoms with van der Waals surface area (Å²) in [7, 11) is 1.75. The Bertz CT molecular complexity index is 677. The summed E-state index contributed by atoms with van der Waals surface area (Å²) in [4.78, 5) is 17.4. The molecule has 0 N–H and O–H groups in total. The van der Waals surface area contributed by atoms with Gasteiger partial charge in [0.15, 0.2) is 0 Å². The number of benzene rings is 1. The molecule has 0 spiro atoms. The number of amides is 1. The Morgan fingerprint density at radius 1 is 1.23 bits per heavy atom. The molecule has 1 aromatic heterocycles. The Balaban J connectivity index is 0.000000534. The predicted octanol–water partition coefficient (Wildman–Crippen LogP) is 4.80. The maximum absolute atomic E-state index is 13.0. The lowest BCUT2D eigenvalue weighted by molar-refractivity contribution is -0.127. The van der Waals surface area contributed by atoms with Crippen LogP contribution < -0.4 is 0 Å². The van der Waals surface area contributed by atoms with Crippen LogP contribution in [0.3, 0.4) is 0 Å². The van der Waals surface area contributed by atoms with Crippen LogP contribution in [0.25, 0.3) is 11.4 Å². The molecule has 6 heteroatoms. The SMILES string of the molecule is C1CCC1.CCCC(CN(C)C(C)=O)c1nc(-c2ccc(F)cc2)no1. The molecule has 1 fully saturated rings. The number of hydrogen-bond acceptors (Lipinski definition) is 4. The standard InChI is InChI=1S/C16H20FN3O2.C4H8/c1-4-5-13(10-20(3)11(2)21)16-18-15(19-22-16)12-6-8-14(17)9-7-12;1-2-4-3-1/h6-9,13H,4-5,10H2,1-3H3;1-4H2. The molecule has 1 saturated carbocycles. The highest BCUT2D eigenvalue weighted by Crippen LogP contribution is 2.24. The zero-order valence-electron chi connectivity index (χ0n) is 15.9. The Morgan fingerprint density at radius 2 is 1.85 bits per heavy atom. The highest BCUT2D eigenvalue weighted by Gasteiger charge is 2.21. The van der Waals surface area contributed by atoms with Crippen molar-refractivity contribution in [1.82, 2.24) is 15.0 Å². The highest BCUT2D eigenvalue weighted by molar-refractivity contribution is 5.72. The summed E-state index contributed by atoms with van der Waals surface area (Å²) in [5, 5.41) is 3.96. The summed E-state index contributed by atoms with van der Waals surface area (Å²) in [6, 6.07) is 5.94. The van der Waals surface area contributed by atoms with E-state index in [0.717, 1.165) is 12.8 Å². The molecule has 1 atom stereocenters. The van der Waals surface area contributed by atoms with Crippen molar-refractivity contribution in [2.45, 2.75) is 58.3 Å². The average molecular weight is 361 g/mol. The molecule has 0 saturated heterocycles. The lowest BCUT2D eigenvalue weighted by Gasteiger charge is -2.20. The first-order chi connectivity index (χ1) is 12.5. The van der Waals surface area contributed by atoms with Gasteiger partial charge in [-0.05, 0) is 30.7 Å². The molecule has 1 heterocycles. The Morgan fingerprint density at radius 3 is 2.35 bits per heavy atom. The van der Waals surface area contributed by atoms with Crippen molar-refractivity contribution in [1.29, 1.82) is 0 Å². The van der Waals surface area contributed by atoms with Crippen LogP contribution in [-0.4, -0.2) is 34.5 Å². The fourth-order valence-electron chi connectivity index (χ4n) is 2.47. The second kappa shape index (κ2) is 10.0. The molecule has 142 valence electrons. The lowest BCUT2D eigenvalue weighted by atomic mass is 10.0. The maximum atomic E-state index is 13.0. The zero-order valence-corrected chi connectivity index (χ0v) is 15.9. The number of likely N-dealkylation sites (N-methyl/N-ethyl adjacent to an activating group) is 1. The van der Waals surface area contributed by atoms with Gasteiger partial charge in [-0.15, -0.1) is 0 Å². The first-order valence-electron chi connectivity index (χ1n) is 9.32. The van der Waals surface area contributed by atoms with Crippen LogP contribution >= 0.6 is 0 Å². The van der Waals surface area contributed by atoms with Crippen molar-refractivity contribution in [2.24, 2.45) is 0 Å². The first kappa shape index (κ1) is 20.1. The lowest BCUT2D eigenvalue weighted by Crippen LogP contribution is -2.29. The molecule has 3 rings (SSSR count). The fraction of sp³-hybridized carbons (Fsp3) is 0.550. The van der Waals surface area contributed by atoms with Gasteiger partial charge in [0, 0.05) is 26.1 Å². The summed E-state index contributed by atoms with van der Waals surface area (Å²) in [6.07, 6.45) is 7.80. The van der Waals surface area contributed by atoms with Gasteiger partial charge in [-0.1, -0.05) is 44.2 Å². The number of carbonyl (C=O) groups excluding carboxylic acids is 1. The minimum Gasteiger partial charge on any atom is -0.345 e. The normalized spacial score (nSPS) is 14.0. The van der Waals surface area contributed by atoms with Crippen LogP contribution in [-0.2, 0) is 4.79 Å². The van der Waals surface area contributed by atoms with Gasteiger partial charge in [0.1, 0.15) is 5.82 Å². The third-order valence-corrected chi connectivity index (χ3v) is 4.56. The van der Waals surface area contributed by atoms with Crippen molar-refractivity contribution < 1.29 is 13.7 Å². The topological polar surface area (TPSA) is 59.2 Å². The Hall–Kier alpha value is -2.24. The minimum atomic E-state index is -0.306. The van der Waals surface area contributed by atoms with Crippen LogP contribution in [0.5, 0.6) is 0 Å². The minimum absolute atomic E-state index is 0.000554. The third kappa shape index (κ3) is 5.93. The van der Waals surface area contributed by atoms with Gasteiger partial charge in [0.05, 0.1) is 5.92 Å². The van der Waals surface area contributed by atoms with Crippen molar-refractivity contribution in [3.05, 3.63) is 36.0 Å². The van der Waals surface area contributed by atoms with E-state index in [0.29, 0.717) is 23.8 Å². The number of aromatic nitrogens is 2. The molecule has 1 aliphatic carbocycles. The van der Waals surface area contributed by atoms with Gasteiger partial charge >= 0.3 is 0 Å². The number of nitrogens with zero attached hydrogens (tertiary/aromatic N) is 3. The van der Waals surface area contributed by atoms with E-state index in [1.165, 1.54) is 44.7 Å². The molecule has 1 aromatic carbocycles. The van der Waals surface area contributed by atoms with Gasteiger partial charge in [0.25, 0.3) is 0 Å². The molecule has 1 aliphatic rings. The van der Waals surface area contributed by atoms with Gasteiger partial charge in [0.2, 0.25) is 17.6 Å². The van der Waals surface area contributed by atoms with Crippen LogP contribution in [0, 0.1) is 5.82 Å². The Kier molecular flexibility index (Phi) is 7.75. The quantitative estimate of drug-likeness (QED) is 0.742. The second-order valence-corrected chi connectivity index (χ2v) is 6.76. The monoisotopic (exact) mass is 361 g/mol. The number of hydrogen-bond donors (Lipinski definition) is 0. The van der Waals surface area contributed by atoms with E-state index < -0.39 is 0 Å². The highest BCUT2D eigenvalue weighted by atomic mass is 19.1. The number of halogens is 1. The third-order valence-electron chi connectivity index (χ3n) is 4.56. The summed E-state index contributed by atoms with van der Waals surface area (Å²) >= 11 is 0. The molecule has 5 nitrogen and oxygen atoms in total. The molecular weight excluding hydrogens is 333 g/mol. The average Bonchev–Trinajstić information content (AvgIpc) is 3.03. The first-order valence-corrected chi connectivity index (χ1v) is 9.32. The molecule has 2 aromatic rings. The van der Waals surface area contributed by atoms with E-state index in [2.05, 4.69) is 17.1 Å². The predicted molar refractivity (Wildman–Crippen MR) is 99.1 cm³/mol. The van der Waals surface area contributed by atoms with Gasteiger partial charge in [-0.25, -0.2) is 4.39 Å². The maximum Gasteiger partial charge on any atom is 0.231 e. The molecule has 0 bridgehead atoms. The molecule has 1 amide bonds. The smallest absolute Gasteiger partial charge is 0.231 e. The Labute approximate surface area is 154 Å². The van der Waals surface area contributed by atoms with Crippen molar-refractivity contribution >= 4 is 5.91 Å². The van der Waals surface area contributed by atoms with E-state index in [4.69, 9.17) is 4.52 Å². The molecule has 0 radical (unpaired) electrons. The second-order valence-electron chi connectivity index (χ2n) is 6.76. The van der Waals surface area contributed by atoms with Gasteiger partial charge in [-0.2, -0.15) is 4.98 Å². The van der Waals surface area contributed by atoms with E-state index >= 15 is 0 Å². The molecule has 1 unspecified atom stereocenters. The van der Waals surface area contributed by atoms with E-state index in [1.54, 1.807) is 24.1 Å². The largest absolute Gasteiger partial charge is 0.345 e. The number of carbonyl (C=O) groups is 1.